The summed E-state index contributed by atoms with van der Waals surface area (Å²) in [5.74, 6) is -0.979. The summed E-state index contributed by atoms with van der Waals surface area (Å²) in [7, 11) is 2.74. The van der Waals surface area contributed by atoms with Crippen LogP contribution in [0.1, 0.15) is 12.5 Å². The second kappa shape index (κ2) is 7.86. The molecule has 0 radical (unpaired) electrons. The van der Waals surface area contributed by atoms with Crippen LogP contribution in [0.5, 0.6) is 5.75 Å². The SMILES string of the molecule is COC(=O)C1=C(C)N(c2ccc(OC)c(Cl)c2)C(=O)/C1=C\c1ccc(F)cc1. The van der Waals surface area contributed by atoms with Crippen LogP contribution in [0, 0.1) is 5.82 Å². The van der Waals surface area contributed by atoms with Gasteiger partial charge in [0, 0.05) is 5.70 Å². The lowest BCUT2D eigenvalue weighted by Gasteiger charge is -2.19. The number of hydrogen-bond donors (Lipinski definition) is 0. The van der Waals surface area contributed by atoms with Crippen LogP contribution in [0.3, 0.4) is 0 Å². The van der Waals surface area contributed by atoms with Crippen molar-refractivity contribution >= 4 is 35.2 Å². The molecule has 0 saturated carbocycles. The number of halogens is 2. The summed E-state index contributed by atoms with van der Waals surface area (Å²) in [5, 5.41) is 0.330. The molecule has 28 heavy (non-hydrogen) atoms. The van der Waals surface area contributed by atoms with Crippen molar-refractivity contribution < 1.29 is 23.5 Å². The Morgan fingerprint density at radius 3 is 2.39 bits per heavy atom. The number of esters is 1. The lowest BCUT2D eigenvalue weighted by atomic mass is 10.0. The molecule has 1 aliphatic heterocycles. The Balaban J connectivity index is 2.12. The highest BCUT2D eigenvalue weighted by Crippen LogP contribution is 2.38. The van der Waals surface area contributed by atoms with Crippen LogP contribution in [0.4, 0.5) is 10.1 Å². The van der Waals surface area contributed by atoms with Gasteiger partial charge in [-0.05, 0) is 48.9 Å². The van der Waals surface area contributed by atoms with E-state index in [4.69, 9.17) is 21.1 Å². The van der Waals surface area contributed by atoms with Crippen LogP contribution in [-0.2, 0) is 14.3 Å². The van der Waals surface area contributed by atoms with Crippen LogP contribution >= 0.6 is 11.6 Å². The van der Waals surface area contributed by atoms with Gasteiger partial charge >= 0.3 is 5.97 Å². The van der Waals surface area contributed by atoms with Gasteiger partial charge in [0.05, 0.1) is 36.1 Å². The number of ether oxygens (including phenoxy) is 2. The van der Waals surface area contributed by atoms with Gasteiger partial charge in [-0.2, -0.15) is 0 Å². The van der Waals surface area contributed by atoms with Crippen molar-refractivity contribution in [1.29, 1.82) is 0 Å². The van der Waals surface area contributed by atoms with Crippen molar-refractivity contribution in [3.63, 3.8) is 0 Å². The number of benzene rings is 2. The number of carbonyl (C=O) groups excluding carboxylic acids is 2. The van der Waals surface area contributed by atoms with Gasteiger partial charge in [-0.3, -0.25) is 9.69 Å². The molecule has 0 spiro atoms. The molecule has 0 fully saturated rings. The molecule has 0 bridgehead atoms. The molecule has 5 nitrogen and oxygen atoms in total. The van der Waals surface area contributed by atoms with E-state index in [9.17, 15) is 14.0 Å². The number of rotatable bonds is 4. The van der Waals surface area contributed by atoms with Crippen LogP contribution in [0.2, 0.25) is 5.02 Å². The fourth-order valence-corrected chi connectivity index (χ4v) is 3.26. The van der Waals surface area contributed by atoms with Crippen molar-refractivity contribution in [3.05, 3.63) is 75.7 Å². The maximum Gasteiger partial charge on any atom is 0.340 e. The number of methoxy groups -OCH3 is 2. The minimum atomic E-state index is -0.638. The van der Waals surface area contributed by atoms with Crippen molar-refractivity contribution in [2.75, 3.05) is 19.1 Å². The third kappa shape index (κ3) is 3.51. The number of amides is 1. The molecule has 1 heterocycles. The van der Waals surface area contributed by atoms with Crippen LogP contribution in [-0.4, -0.2) is 26.1 Å². The highest BCUT2D eigenvalue weighted by atomic mass is 35.5. The Morgan fingerprint density at radius 1 is 1.14 bits per heavy atom. The van der Waals surface area contributed by atoms with E-state index in [0.717, 1.165) is 0 Å². The molecule has 0 aromatic heterocycles. The fourth-order valence-electron chi connectivity index (χ4n) is 3.01. The Kier molecular flexibility index (Phi) is 5.51. The second-order valence-electron chi connectivity index (χ2n) is 6.02. The highest BCUT2D eigenvalue weighted by Gasteiger charge is 2.38. The minimum Gasteiger partial charge on any atom is -0.495 e. The topological polar surface area (TPSA) is 55.8 Å². The minimum absolute atomic E-state index is 0.142. The molecule has 0 N–H and O–H groups in total. The van der Waals surface area contributed by atoms with Crippen LogP contribution in [0.25, 0.3) is 6.08 Å². The normalized spacial score (nSPS) is 15.4. The predicted octanol–water partition coefficient (Wildman–Crippen LogP) is 4.36. The van der Waals surface area contributed by atoms with Gasteiger partial charge in [0.25, 0.3) is 5.91 Å². The first-order chi connectivity index (χ1) is 13.4. The Morgan fingerprint density at radius 2 is 1.82 bits per heavy atom. The zero-order chi connectivity index (χ0) is 20.4. The summed E-state index contributed by atoms with van der Waals surface area (Å²) in [6.07, 6.45) is 1.53. The summed E-state index contributed by atoms with van der Waals surface area (Å²) in [5.41, 5.74) is 1.77. The van der Waals surface area contributed by atoms with E-state index >= 15 is 0 Å². The zero-order valence-electron chi connectivity index (χ0n) is 15.5. The predicted molar refractivity (Wildman–Crippen MR) is 105 cm³/mol. The molecule has 144 valence electrons. The Labute approximate surface area is 166 Å². The van der Waals surface area contributed by atoms with Gasteiger partial charge in [0.1, 0.15) is 11.6 Å². The number of nitrogens with zero attached hydrogens (tertiary/aromatic N) is 1. The van der Waals surface area contributed by atoms with E-state index in [1.807, 2.05) is 0 Å². The molecule has 1 aliphatic rings. The molecule has 0 atom stereocenters. The molecule has 3 rings (SSSR count). The third-order valence-corrected chi connectivity index (χ3v) is 4.66. The molecular weight excluding hydrogens is 385 g/mol. The highest BCUT2D eigenvalue weighted by molar-refractivity contribution is 6.32. The van der Waals surface area contributed by atoms with E-state index in [2.05, 4.69) is 0 Å². The van der Waals surface area contributed by atoms with E-state index in [1.165, 1.54) is 49.5 Å². The average molecular weight is 402 g/mol. The molecule has 0 unspecified atom stereocenters. The summed E-state index contributed by atoms with van der Waals surface area (Å²) in [6, 6.07) is 10.5. The standard InChI is InChI=1S/C21H17ClFNO4/c1-12-19(21(26)28-3)16(10-13-4-6-14(23)7-5-13)20(25)24(12)15-8-9-18(27-2)17(22)11-15/h4-11H,1-3H3/b16-10-. The van der Waals surface area contributed by atoms with Crippen molar-refractivity contribution in [3.8, 4) is 5.75 Å². The molecule has 2 aromatic carbocycles. The summed E-state index contributed by atoms with van der Waals surface area (Å²) in [6.45, 7) is 1.65. The first-order valence-electron chi connectivity index (χ1n) is 8.32. The number of carbonyl (C=O) groups is 2. The smallest absolute Gasteiger partial charge is 0.340 e. The van der Waals surface area contributed by atoms with Crippen LogP contribution in [0.15, 0.2) is 59.3 Å². The first-order valence-corrected chi connectivity index (χ1v) is 8.70. The Hall–Kier alpha value is -3.12. The lowest BCUT2D eigenvalue weighted by Crippen LogP contribution is -2.24. The number of allylic oxidation sites excluding steroid dienone is 1. The molecule has 2 aromatic rings. The van der Waals surface area contributed by atoms with E-state index in [0.29, 0.717) is 27.7 Å². The van der Waals surface area contributed by atoms with E-state index in [-0.39, 0.29) is 11.1 Å². The van der Waals surface area contributed by atoms with E-state index < -0.39 is 17.7 Å². The molecule has 0 saturated heterocycles. The zero-order valence-corrected chi connectivity index (χ0v) is 16.2. The largest absolute Gasteiger partial charge is 0.495 e. The van der Waals surface area contributed by atoms with Crippen molar-refractivity contribution in [1.82, 2.24) is 0 Å². The van der Waals surface area contributed by atoms with Crippen molar-refractivity contribution in [2.24, 2.45) is 0 Å². The van der Waals surface area contributed by atoms with Crippen molar-refractivity contribution in [2.45, 2.75) is 6.92 Å². The van der Waals surface area contributed by atoms with E-state index in [1.54, 1.807) is 25.1 Å². The second-order valence-corrected chi connectivity index (χ2v) is 6.43. The molecular formula is C21H17ClFNO4. The van der Waals surface area contributed by atoms with Gasteiger partial charge in [0.2, 0.25) is 0 Å². The van der Waals surface area contributed by atoms with Gasteiger partial charge in [0.15, 0.2) is 0 Å². The van der Waals surface area contributed by atoms with Gasteiger partial charge in [-0.15, -0.1) is 0 Å². The number of hydrogen-bond acceptors (Lipinski definition) is 4. The van der Waals surface area contributed by atoms with Gasteiger partial charge in [-0.1, -0.05) is 23.7 Å². The molecule has 7 heteroatoms. The Bertz CT molecular complexity index is 1010. The fraction of sp³-hybridized carbons (Fsp3) is 0.143. The quantitative estimate of drug-likeness (QED) is 0.564. The summed E-state index contributed by atoms with van der Waals surface area (Å²) in [4.78, 5) is 26.9. The van der Waals surface area contributed by atoms with Gasteiger partial charge in [-0.25, -0.2) is 9.18 Å². The lowest BCUT2D eigenvalue weighted by molar-refractivity contribution is -0.136. The monoisotopic (exact) mass is 401 g/mol. The number of anilines is 1. The summed E-state index contributed by atoms with van der Waals surface area (Å²) >= 11 is 6.19. The summed E-state index contributed by atoms with van der Waals surface area (Å²) < 4.78 is 23.2. The van der Waals surface area contributed by atoms with Crippen LogP contribution < -0.4 is 9.64 Å². The third-order valence-electron chi connectivity index (χ3n) is 4.36. The average Bonchev–Trinajstić information content (AvgIpc) is 2.92. The first kappa shape index (κ1) is 19.6. The van der Waals surface area contributed by atoms with Gasteiger partial charge < -0.3 is 9.47 Å². The maximum atomic E-state index is 13.2. The maximum absolute atomic E-state index is 13.2. The molecule has 0 aliphatic carbocycles. The molecule has 1 amide bonds.